The van der Waals surface area contributed by atoms with E-state index in [0.29, 0.717) is 23.7 Å². The maximum absolute atomic E-state index is 12.9. The van der Waals surface area contributed by atoms with E-state index >= 15 is 0 Å². The first kappa shape index (κ1) is 23.8. The highest BCUT2D eigenvalue weighted by Crippen LogP contribution is 2.37. The van der Waals surface area contributed by atoms with Gasteiger partial charge in [-0.3, -0.25) is 19.6 Å². The van der Waals surface area contributed by atoms with Gasteiger partial charge >= 0.3 is 0 Å². The molecule has 5 rings (SSSR count). The molecule has 9 nitrogen and oxygen atoms in total. The van der Waals surface area contributed by atoms with Gasteiger partial charge < -0.3 is 19.3 Å². The number of carbonyl (C=O) groups excluding carboxylic acids is 1. The van der Waals surface area contributed by atoms with Crippen molar-refractivity contribution in [1.82, 2.24) is 24.7 Å². The third kappa shape index (κ3) is 5.21. The molecule has 3 fully saturated rings. The van der Waals surface area contributed by atoms with Crippen LogP contribution in [-0.2, 0) is 4.79 Å². The van der Waals surface area contributed by atoms with Crippen LogP contribution in [0, 0.1) is 0 Å². The van der Waals surface area contributed by atoms with Crippen LogP contribution in [-0.4, -0.2) is 110 Å². The zero-order valence-corrected chi connectivity index (χ0v) is 20.9. The summed E-state index contributed by atoms with van der Waals surface area (Å²) in [6, 6.07) is 6.45. The number of nitrogens with zero attached hydrogens (tertiary/aromatic N) is 6. The van der Waals surface area contributed by atoms with E-state index in [1.807, 2.05) is 24.4 Å². The van der Waals surface area contributed by atoms with E-state index in [2.05, 4.69) is 29.6 Å². The third-order valence-electron chi connectivity index (χ3n) is 7.64. The topological polar surface area (TPSA) is 74.3 Å². The van der Waals surface area contributed by atoms with Crippen LogP contribution in [0.2, 0.25) is 0 Å². The Morgan fingerprint density at radius 3 is 2.14 bits per heavy atom. The molecule has 0 radical (unpaired) electrons. The molecule has 9 heteroatoms. The number of benzene rings is 1. The molecule has 188 valence electrons. The van der Waals surface area contributed by atoms with Crippen molar-refractivity contribution in [2.24, 2.45) is 0 Å². The fourth-order valence-corrected chi connectivity index (χ4v) is 5.23. The number of carbonyl (C=O) groups is 1. The molecule has 3 heterocycles. The van der Waals surface area contributed by atoms with E-state index in [4.69, 9.17) is 9.47 Å². The number of aromatic nitrogens is 2. The lowest BCUT2D eigenvalue weighted by molar-refractivity contribution is -0.134. The quantitative estimate of drug-likeness (QED) is 0.596. The Kier molecular flexibility index (Phi) is 7.34. The first-order valence-electron chi connectivity index (χ1n) is 12.7. The average molecular weight is 481 g/mol. The highest BCUT2D eigenvalue weighted by molar-refractivity contribution is 5.78. The minimum atomic E-state index is 0.265. The number of methoxy groups -OCH3 is 2. The minimum Gasteiger partial charge on any atom is -0.496 e. The van der Waals surface area contributed by atoms with E-state index in [-0.39, 0.29) is 5.91 Å². The van der Waals surface area contributed by atoms with E-state index in [0.717, 1.165) is 69.8 Å². The summed E-state index contributed by atoms with van der Waals surface area (Å²) in [7, 11) is 3.28. The van der Waals surface area contributed by atoms with Crippen LogP contribution >= 0.6 is 0 Å². The summed E-state index contributed by atoms with van der Waals surface area (Å²) in [5.74, 6) is 2.52. The molecule has 3 aliphatic rings. The second-order valence-corrected chi connectivity index (χ2v) is 9.56. The van der Waals surface area contributed by atoms with Gasteiger partial charge in [0.1, 0.15) is 17.3 Å². The molecule has 0 bridgehead atoms. The molecule has 2 aliphatic heterocycles. The van der Waals surface area contributed by atoms with Gasteiger partial charge in [-0.25, -0.2) is 4.98 Å². The highest BCUT2D eigenvalue weighted by atomic mass is 16.5. The minimum absolute atomic E-state index is 0.265. The van der Waals surface area contributed by atoms with E-state index in [1.54, 1.807) is 20.4 Å². The molecule has 35 heavy (non-hydrogen) atoms. The van der Waals surface area contributed by atoms with Crippen molar-refractivity contribution in [3.63, 3.8) is 0 Å². The van der Waals surface area contributed by atoms with Crippen molar-refractivity contribution >= 4 is 11.7 Å². The summed E-state index contributed by atoms with van der Waals surface area (Å²) in [5, 5.41) is 0. The van der Waals surface area contributed by atoms with Crippen LogP contribution < -0.4 is 14.4 Å². The number of amides is 1. The second kappa shape index (κ2) is 10.8. The largest absolute Gasteiger partial charge is 0.496 e. The number of rotatable bonds is 7. The van der Waals surface area contributed by atoms with Gasteiger partial charge in [0.15, 0.2) is 0 Å². The second-order valence-electron chi connectivity index (χ2n) is 9.56. The molecule has 1 amide bonds. The number of hydrogen-bond acceptors (Lipinski definition) is 8. The van der Waals surface area contributed by atoms with Crippen molar-refractivity contribution < 1.29 is 14.3 Å². The zero-order chi connectivity index (χ0) is 24.2. The van der Waals surface area contributed by atoms with E-state index in [1.165, 1.54) is 19.3 Å². The molecule has 1 saturated carbocycles. The lowest BCUT2D eigenvalue weighted by Gasteiger charge is -2.43. The standard InChI is InChI=1S/C26H36N6O3/c1-34-22-7-4-8-23(35-2)26(22)21-17-28-24(18-27-21)31-11-9-29(10-12-31)19-25(33)32-15-13-30(14-16-32)20-5-3-6-20/h4,7-8,17-18,20H,3,5-6,9-16,19H2,1-2H3. The number of anilines is 1. The first-order valence-corrected chi connectivity index (χ1v) is 12.7. The van der Waals surface area contributed by atoms with Crippen LogP contribution in [0.15, 0.2) is 30.6 Å². The number of piperazine rings is 2. The van der Waals surface area contributed by atoms with Gasteiger partial charge in [0.25, 0.3) is 0 Å². The van der Waals surface area contributed by atoms with Crippen LogP contribution in [0.4, 0.5) is 5.82 Å². The molecule has 1 aliphatic carbocycles. The van der Waals surface area contributed by atoms with Crippen molar-refractivity contribution in [1.29, 1.82) is 0 Å². The summed E-state index contributed by atoms with van der Waals surface area (Å²) in [6.45, 7) is 7.65. The molecule has 0 unspecified atom stereocenters. The predicted octanol–water partition coefficient (Wildman–Crippen LogP) is 1.98. The van der Waals surface area contributed by atoms with Gasteiger partial charge in [-0.05, 0) is 25.0 Å². The monoisotopic (exact) mass is 480 g/mol. The predicted molar refractivity (Wildman–Crippen MR) is 135 cm³/mol. The van der Waals surface area contributed by atoms with Gasteiger partial charge in [0, 0.05) is 58.4 Å². The fraction of sp³-hybridized carbons (Fsp3) is 0.577. The Bertz CT molecular complexity index is 974. The van der Waals surface area contributed by atoms with Gasteiger partial charge in [0.2, 0.25) is 5.91 Å². The molecular formula is C26H36N6O3. The third-order valence-corrected chi connectivity index (χ3v) is 7.64. The first-order chi connectivity index (χ1) is 17.2. The Morgan fingerprint density at radius 2 is 1.60 bits per heavy atom. The van der Waals surface area contributed by atoms with Crippen LogP contribution in [0.1, 0.15) is 19.3 Å². The lowest BCUT2D eigenvalue weighted by atomic mass is 9.91. The van der Waals surface area contributed by atoms with E-state index < -0.39 is 0 Å². The molecule has 0 N–H and O–H groups in total. The van der Waals surface area contributed by atoms with Crippen LogP contribution in [0.5, 0.6) is 11.5 Å². The summed E-state index contributed by atoms with van der Waals surface area (Å²) in [4.78, 5) is 31.3. The maximum atomic E-state index is 12.9. The highest BCUT2D eigenvalue weighted by Gasteiger charge is 2.30. The van der Waals surface area contributed by atoms with Gasteiger partial charge in [0.05, 0.1) is 44.4 Å². The molecular weight excluding hydrogens is 444 g/mol. The molecule has 1 aromatic carbocycles. The van der Waals surface area contributed by atoms with Crippen LogP contribution in [0.3, 0.4) is 0 Å². The van der Waals surface area contributed by atoms with Gasteiger partial charge in [-0.15, -0.1) is 0 Å². The maximum Gasteiger partial charge on any atom is 0.236 e. The summed E-state index contributed by atoms with van der Waals surface area (Å²) < 4.78 is 11.0. The molecule has 0 atom stereocenters. The normalized spacial score (nSPS) is 19.9. The molecule has 2 saturated heterocycles. The Balaban J connectivity index is 1.12. The van der Waals surface area contributed by atoms with Crippen LogP contribution in [0.25, 0.3) is 11.3 Å². The summed E-state index contributed by atoms with van der Waals surface area (Å²) in [6.07, 6.45) is 7.61. The van der Waals surface area contributed by atoms with Gasteiger partial charge in [-0.2, -0.15) is 0 Å². The lowest BCUT2D eigenvalue weighted by Crippen LogP contribution is -2.56. The van der Waals surface area contributed by atoms with Crippen molar-refractivity contribution in [3.8, 4) is 22.8 Å². The number of ether oxygens (including phenoxy) is 2. The van der Waals surface area contributed by atoms with Crippen molar-refractivity contribution in [2.45, 2.75) is 25.3 Å². The Labute approximate surface area is 207 Å². The van der Waals surface area contributed by atoms with Crippen molar-refractivity contribution in [3.05, 3.63) is 30.6 Å². The van der Waals surface area contributed by atoms with E-state index in [9.17, 15) is 4.79 Å². The molecule has 0 spiro atoms. The molecule has 1 aromatic heterocycles. The SMILES string of the molecule is COc1cccc(OC)c1-c1cnc(N2CCN(CC(=O)N3CCN(C4CCC4)CC3)CC2)cn1. The zero-order valence-electron chi connectivity index (χ0n) is 20.9. The molecule has 2 aromatic rings. The van der Waals surface area contributed by atoms with Gasteiger partial charge in [-0.1, -0.05) is 12.5 Å². The fourth-order valence-electron chi connectivity index (χ4n) is 5.23. The number of hydrogen-bond donors (Lipinski definition) is 0. The smallest absolute Gasteiger partial charge is 0.236 e. The summed E-state index contributed by atoms with van der Waals surface area (Å²) in [5.41, 5.74) is 1.51. The average Bonchev–Trinajstić information content (AvgIpc) is 2.88. The Morgan fingerprint density at radius 1 is 0.914 bits per heavy atom. The Hall–Kier alpha value is -2.91. The van der Waals surface area contributed by atoms with Crippen molar-refractivity contribution in [2.75, 3.05) is 78.0 Å². The summed E-state index contributed by atoms with van der Waals surface area (Å²) >= 11 is 0.